The Morgan fingerprint density at radius 1 is 1.02 bits per heavy atom. The Labute approximate surface area is 242 Å². The summed E-state index contributed by atoms with van der Waals surface area (Å²) in [5.41, 5.74) is -0.573. The fourth-order valence-corrected chi connectivity index (χ4v) is 8.35. The molecule has 10 heteroatoms. The number of aliphatic carboxylic acids is 1. The lowest BCUT2D eigenvalue weighted by atomic mass is 9.55. The number of rotatable bonds is 4. The maximum absolute atomic E-state index is 15.9. The predicted octanol–water partition coefficient (Wildman–Crippen LogP) is 5.54. The molecule has 2 aliphatic carbocycles. The minimum Gasteiger partial charge on any atom is -0.481 e. The third-order valence-electron chi connectivity index (χ3n) is 9.73. The molecular weight excluding hydrogens is 556 g/mol. The lowest BCUT2D eigenvalue weighted by molar-refractivity contribution is -0.142. The van der Waals surface area contributed by atoms with Crippen molar-refractivity contribution >= 4 is 46.7 Å². The van der Waals surface area contributed by atoms with Crippen LogP contribution in [0.3, 0.4) is 0 Å². The highest BCUT2D eigenvalue weighted by molar-refractivity contribution is 6.31. The first kappa shape index (κ1) is 27.5. The Morgan fingerprint density at radius 2 is 1.75 bits per heavy atom. The SMILES string of the molecule is O=C(N[C@H]1CC[C@@H](C(=O)O)CC1)[C@@H]1NC2(CCCCC2)[C@@]2(C(=O)Nc3cc(Cl)ccc32)[C@H]1c1cccc(Cl)c1F. The summed E-state index contributed by atoms with van der Waals surface area (Å²) in [7, 11) is 0. The number of carboxylic acid groups (broad SMARTS) is 1. The van der Waals surface area contributed by atoms with Crippen molar-refractivity contribution in [1.29, 1.82) is 0 Å². The van der Waals surface area contributed by atoms with Crippen molar-refractivity contribution in [3.63, 3.8) is 0 Å². The topological polar surface area (TPSA) is 108 Å². The summed E-state index contributed by atoms with van der Waals surface area (Å²) < 4.78 is 15.9. The van der Waals surface area contributed by atoms with E-state index >= 15 is 4.39 Å². The minimum absolute atomic E-state index is 0.0712. The number of amides is 2. The van der Waals surface area contributed by atoms with Gasteiger partial charge in [-0.2, -0.15) is 0 Å². The van der Waals surface area contributed by atoms with Gasteiger partial charge >= 0.3 is 5.97 Å². The van der Waals surface area contributed by atoms with E-state index < -0.39 is 40.6 Å². The second-order valence-electron chi connectivity index (χ2n) is 11.7. The smallest absolute Gasteiger partial charge is 0.306 e. The number of nitrogens with one attached hydrogen (secondary N) is 3. The number of benzene rings is 2. The van der Waals surface area contributed by atoms with Crippen LogP contribution < -0.4 is 16.0 Å². The standard InChI is InChI=1S/C30H32Cl2FN3O4/c31-17-9-12-20-22(15-17)35-28(40)30(20)23(19-5-4-6-21(32)24(19)33)25(36-29(30)13-2-1-3-14-29)26(37)34-18-10-7-16(8-11-18)27(38)39/h4-6,9,12,15-16,18,23,25,36H,1-3,7-8,10-11,13-14H2,(H,34,37)(H,35,40)(H,38,39)/t16-,18+,23-,25+,30+/m0/s1. The Bertz CT molecular complexity index is 1370. The molecule has 2 saturated carbocycles. The van der Waals surface area contributed by atoms with Crippen molar-refractivity contribution in [2.24, 2.45) is 5.92 Å². The van der Waals surface area contributed by atoms with E-state index in [2.05, 4.69) is 16.0 Å². The average Bonchev–Trinajstić information content (AvgIpc) is 3.38. The van der Waals surface area contributed by atoms with Gasteiger partial charge in [0.1, 0.15) is 11.2 Å². The largest absolute Gasteiger partial charge is 0.481 e. The molecule has 0 unspecified atom stereocenters. The number of halogens is 3. The highest BCUT2D eigenvalue weighted by Gasteiger charge is 2.72. The summed E-state index contributed by atoms with van der Waals surface area (Å²) in [6.45, 7) is 0. The highest BCUT2D eigenvalue weighted by Crippen LogP contribution is 2.62. The molecule has 1 saturated heterocycles. The summed E-state index contributed by atoms with van der Waals surface area (Å²) in [6.07, 6.45) is 6.09. The fraction of sp³-hybridized carbons (Fsp3) is 0.500. The number of hydrogen-bond acceptors (Lipinski definition) is 4. The van der Waals surface area contributed by atoms with E-state index in [0.29, 0.717) is 54.8 Å². The number of carboxylic acids is 1. The van der Waals surface area contributed by atoms with Crippen LogP contribution in [0.25, 0.3) is 0 Å². The van der Waals surface area contributed by atoms with Gasteiger partial charge in [-0.05, 0) is 67.9 Å². The van der Waals surface area contributed by atoms with Gasteiger partial charge in [-0.1, -0.05) is 60.7 Å². The van der Waals surface area contributed by atoms with Gasteiger partial charge in [0.05, 0.1) is 17.0 Å². The normalized spacial score (nSPS) is 30.7. The Balaban J connectivity index is 1.48. The number of carbonyl (C=O) groups excluding carboxylic acids is 2. The first-order valence-corrected chi connectivity index (χ1v) is 14.8. The molecule has 3 atom stereocenters. The molecule has 3 fully saturated rings. The zero-order chi connectivity index (χ0) is 28.2. The molecule has 2 heterocycles. The molecule has 2 aromatic rings. The first-order chi connectivity index (χ1) is 19.2. The van der Waals surface area contributed by atoms with Crippen LogP contribution in [0.15, 0.2) is 36.4 Å². The van der Waals surface area contributed by atoms with E-state index in [1.54, 1.807) is 24.3 Å². The van der Waals surface area contributed by atoms with E-state index in [0.717, 1.165) is 19.3 Å². The molecular formula is C30H32Cl2FN3O4. The molecule has 2 aromatic carbocycles. The van der Waals surface area contributed by atoms with Crippen LogP contribution in [0.5, 0.6) is 0 Å². The molecule has 4 N–H and O–H groups in total. The van der Waals surface area contributed by atoms with E-state index in [9.17, 15) is 19.5 Å². The molecule has 2 spiro atoms. The molecule has 0 aromatic heterocycles. The van der Waals surface area contributed by atoms with Crippen LogP contribution in [-0.2, 0) is 19.8 Å². The van der Waals surface area contributed by atoms with Gasteiger partial charge < -0.3 is 15.7 Å². The van der Waals surface area contributed by atoms with Crippen LogP contribution in [-0.4, -0.2) is 40.5 Å². The summed E-state index contributed by atoms with van der Waals surface area (Å²) >= 11 is 12.6. The van der Waals surface area contributed by atoms with E-state index in [1.165, 1.54) is 6.07 Å². The van der Waals surface area contributed by atoms with Gasteiger partial charge in [0.25, 0.3) is 0 Å². The maximum atomic E-state index is 15.9. The van der Waals surface area contributed by atoms with Gasteiger partial charge in [-0.15, -0.1) is 0 Å². The number of anilines is 1. The van der Waals surface area contributed by atoms with Crippen LogP contribution in [0.1, 0.15) is 74.8 Å². The fourth-order valence-electron chi connectivity index (χ4n) is 7.99. The molecule has 0 radical (unpaired) electrons. The lowest BCUT2D eigenvalue weighted by Gasteiger charge is -2.47. The zero-order valence-electron chi connectivity index (χ0n) is 21.9. The average molecular weight is 589 g/mol. The molecule has 40 heavy (non-hydrogen) atoms. The Morgan fingerprint density at radius 3 is 2.45 bits per heavy atom. The molecule has 4 aliphatic rings. The third-order valence-corrected chi connectivity index (χ3v) is 10.3. The van der Waals surface area contributed by atoms with E-state index in [1.807, 2.05) is 6.07 Å². The first-order valence-electron chi connectivity index (χ1n) is 14.0. The minimum atomic E-state index is -1.28. The monoisotopic (exact) mass is 587 g/mol. The van der Waals surface area contributed by atoms with E-state index in [4.69, 9.17) is 23.2 Å². The quantitative estimate of drug-likeness (QED) is 0.375. The number of carbonyl (C=O) groups is 3. The molecule has 2 amide bonds. The summed E-state index contributed by atoms with van der Waals surface area (Å²) in [4.78, 5) is 39.9. The zero-order valence-corrected chi connectivity index (χ0v) is 23.5. The van der Waals surface area contributed by atoms with Crippen molar-refractivity contribution in [1.82, 2.24) is 10.6 Å². The maximum Gasteiger partial charge on any atom is 0.306 e. The van der Waals surface area contributed by atoms with Gasteiger partial charge in [0.2, 0.25) is 11.8 Å². The van der Waals surface area contributed by atoms with E-state index in [-0.39, 0.29) is 28.4 Å². The molecule has 2 aliphatic heterocycles. The second-order valence-corrected chi connectivity index (χ2v) is 12.6. The Kier molecular flexibility index (Phi) is 7.08. The highest BCUT2D eigenvalue weighted by atomic mass is 35.5. The lowest BCUT2D eigenvalue weighted by Crippen LogP contribution is -2.60. The van der Waals surface area contributed by atoms with Crippen molar-refractivity contribution in [2.45, 2.75) is 86.7 Å². The van der Waals surface area contributed by atoms with Crippen LogP contribution in [0.2, 0.25) is 10.0 Å². The number of hydrogen-bond donors (Lipinski definition) is 4. The predicted molar refractivity (Wildman–Crippen MR) is 150 cm³/mol. The summed E-state index contributed by atoms with van der Waals surface area (Å²) in [6, 6.07) is 8.89. The van der Waals surface area contributed by atoms with Gasteiger partial charge in [0, 0.05) is 28.2 Å². The van der Waals surface area contributed by atoms with Crippen LogP contribution in [0.4, 0.5) is 10.1 Å². The molecule has 6 rings (SSSR count). The van der Waals surface area contributed by atoms with Crippen molar-refractivity contribution in [3.8, 4) is 0 Å². The molecule has 7 nitrogen and oxygen atoms in total. The second kappa shape index (κ2) is 10.3. The van der Waals surface area contributed by atoms with Gasteiger partial charge in [-0.3, -0.25) is 19.7 Å². The molecule has 212 valence electrons. The van der Waals surface area contributed by atoms with Crippen molar-refractivity contribution < 1.29 is 23.9 Å². The van der Waals surface area contributed by atoms with Crippen molar-refractivity contribution in [2.75, 3.05) is 5.32 Å². The number of fused-ring (bicyclic) bond motifs is 3. The summed E-state index contributed by atoms with van der Waals surface area (Å²) in [5.74, 6) is -3.35. The van der Waals surface area contributed by atoms with Crippen molar-refractivity contribution in [3.05, 3.63) is 63.4 Å². The molecule has 0 bridgehead atoms. The third kappa shape index (κ3) is 4.13. The summed E-state index contributed by atoms with van der Waals surface area (Å²) in [5, 5.41) is 19.6. The van der Waals surface area contributed by atoms with Crippen LogP contribution in [0, 0.1) is 11.7 Å². The van der Waals surface area contributed by atoms with Gasteiger partial charge in [0.15, 0.2) is 0 Å². The van der Waals surface area contributed by atoms with Crippen LogP contribution >= 0.6 is 23.2 Å². The van der Waals surface area contributed by atoms with Gasteiger partial charge in [-0.25, -0.2) is 4.39 Å². The Hall–Kier alpha value is -2.68.